The highest BCUT2D eigenvalue weighted by atomic mass is 35.5. The van der Waals surface area contributed by atoms with Crippen LogP contribution in [0, 0.1) is 0 Å². The fourth-order valence-electron chi connectivity index (χ4n) is 3.39. The Bertz CT molecular complexity index is 1030. The molecule has 0 heterocycles. The van der Waals surface area contributed by atoms with E-state index in [2.05, 4.69) is 26.1 Å². The molecule has 2 aromatic carbocycles. The first-order valence-corrected chi connectivity index (χ1v) is 12.9. The third-order valence-electron chi connectivity index (χ3n) is 4.79. The zero-order chi connectivity index (χ0) is 24.1. The minimum atomic E-state index is -3.78. The van der Waals surface area contributed by atoms with Crippen molar-refractivity contribution in [3.8, 4) is 5.75 Å². The summed E-state index contributed by atoms with van der Waals surface area (Å²) in [6.07, 6.45) is 1.31. The predicted molar refractivity (Wildman–Crippen MR) is 132 cm³/mol. The fourth-order valence-corrected chi connectivity index (χ4v) is 5.10. The number of rotatable bonds is 9. The van der Waals surface area contributed by atoms with Crippen molar-refractivity contribution >= 4 is 44.8 Å². The molecule has 32 heavy (non-hydrogen) atoms. The summed E-state index contributed by atoms with van der Waals surface area (Å²) in [5.41, 5.74) is 1.22. The van der Waals surface area contributed by atoms with Gasteiger partial charge in [-0.2, -0.15) is 0 Å². The second-order valence-corrected chi connectivity index (χ2v) is 11.2. The van der Waals surface area contributed by atoms with E-state index < -0.39 is 22.0 Å². The molecule has 9 heteroatoms. The summed E-state index contributed by atoms with van der Waals surface area (Å²) >= 11 is 12.1. The quantitative estimate of drug-likeness (QED) is 0.489. The Morgan fingerprint density at radius 2 is 1.72 bits per heavy atom. The molecule has 0 saturated heterocycles. The van der Waals surface area contributed by atoms with Crippen LogP contribution in [0.1, 0.15) is 39.7 Å². The van der Waals surface area contributed by atoms with Crippen LogP contribution in [-0.4, -0.2) is 39.8 Å². The molecule has 0 fully saturated rings. The molecular weight excluding hydrogens is 471 g/mol. The van der Waals surface area contributed by atoms with Gasteiger partial charge in [-0.05, 0) is 41.7 Å². The van der Waals surface area contributed by atoms with Crippen molar-refractivity contribution in [3.63, 3.8) is 0 Å². The lowest BCUT2D eigenvalue weighted by molar-refractivity contribution is -0.122. The minimum absolute atomic E-state index is 0.0820. The first-order chi connectivity index (χ1) is 14.8. The van der Waals surface area contributed by atoms with Crippen molar-refractivity contribution in [2.75, 3.05) is 23.7 Å². The summed E-state index contributed by atoms with van der Waals surface area (Å²) in [4.78, 5) is 12.9. The maximum absolute atomic E-state index is 12.9. The number of ether oxygens (including phenoxy) is 1. The number of halogens is 2. The van der Waals surface area contributed by atoms with E-state index in [0.29, 0.717) is 0 Å². The summed E-state index contributed by atoms with van der Waals surface area (Å²) in [6.45, 7) is 8.52. The molecule has 1 amide bonds. The van der Waals surface area contributed by atoms with E-state index in [0.717, 1.165) is 21.9 Å². The van der Waals surface area contributed by atoms with Gasteiger partial charge in [0.25, 0.3) is 0 Å². The molecule has 0 aromatic heterocycles. The molecule has 6 nitrogen and oxygen atoms in total. The molecule has 2 aromatic rings. The van der Waals surface area contributed by atoms with Crippen LogP contribution in [0.2, 0.25) is 10.0 Å². The maximum Gasteiger partial charge on any atom is 0.244 e. The molecule has 0 saturated carbocycles. The standard InChI is InChI=1S/C23H30Cl2N2O4S/c1-6-20(27(32(5,29)30)18-14-16(24)13-17(25)15-18)22(28)26-11-12-31-21-10-8-7-9-19(21)23(2,3)4/h7-10,13-15,20H,6,11-12H2,1-5H3,(H,26,28)/t20-/m0/s1. The van der Waals surface area contributed by atoms with Crippen LogP contribution in [0.25, 0.3) is 0 Å². The molecule has 1 N–H and O–H groups in total. The van der Waals surface area contributed by atoms with E-state index >= 15 is 0 Å². The van der Waals surface area contributed by atoms with Gasteiger partial charge in [-0.25, -0.2) is 8.42 Å². The molecule has 2 rings (SSSR count). The van der Waals surface area contributed by atoms with E-state index in [-0.39, 0.29) is 40.7 Å². The number of anilines is 1. The third-order valence-corrected chi connectivity index (χ3v) is 6.40. The molecule has 0 unspecified atom stereocenters. The normalized spacial score (nSPS) is 12.8. The molecule has 0 spiro atoms. The number of hydrogen-bond acceptors (Lipinski definition) is 4. The van der Waals surface area contributed by atoms with Crippen molar-refractivity contribution in [1.82, 2.24) is 5.32 Å². The smallest absolute Gasteiger partial charge is 0.244 e. The molecule has 176 valence electrons. The van der Waals surface area contributed by atoms with Gasteiger partial charge in [0.05, 0.1) is 18.5 Å². The Morgan fingerprint density at radius 3 is 2.25 bits per heavy atom. The van der Waals surface area contributed by atoms with Crippen LogP contribution in [0.3, 0.4) is 0 Å². The SMILES string of the molecule is CC[C@@H](C(=O)NCCOc1ccccc1C(C)(C)C)N(c1cc(Cl)cc(Cl)c1)S(C)(=O)=O. The monoisotopic (exact) mass is 500 g/mol. The van der Waals surface area contributed by atoms with Gasteiger partial charge in [0.2, 0.25) is 15.9 Å². The van der Waals surface area contributed by atoms with Crippen molar-refractivity contribution in [2.24, 2.45) is 0 Å². The topological polar surface area (TPSA) is 75.7 Å². The van der Waals surface area contributed by atoms with Crippen molar-refractivity contribution in [2.45, 2.75) is 45.6 Å². The zero-order valence-corrected chi connectivity index (χ0v) is 21.3. The van der Waals surface area contributed by atoms with Gasteiger partial charge < -0.3 is 10.1 Å². The highest BCUT2D eigenvalue weighted by Crippen LogP contribution is 2.31. The number of carbonyl (C=O) groups excluding carboxylic acids is 1. The maximum atomic E-state index is 12.9. The van der Waals surface area contributed by atoms with E-state index in [9.17, 15) is 13.2 Å². The number of hydrogen-bond donors (Lipinski definition) is 1. The number of amides is 1. The Hall–Kier alpha value is -1.96. The van der Waals surface area contributed by atoms with E-state index in [4.69, 9.17) is 27.9 Å². The Kier molecular flexibility index (Phi) is 8.85. The van der Waals surface area contributed by atoms with Crippen LogP contribution in [0.4, 0.5) is 5.69 Å². The van der Waals surface area contributed by atoms with Crippen molar-refractivity contribution < 1.29 is 17.9 Å². The predicted octanol–water partition coefficient (Wildman–Crippen LogP) is 5.03. The van der Waals surface area contributed by atoms with Crippen LogP contribution in [0.5, 0.6) is 5.75 Å². The van der Waals surface area contributed by atoms with Gasteiger partial charge >= 0.3 is 0 Å². The van der Waals surface area contributed by atoms with Crippen molar-refractivity contribution in [1.29, 1.82) is 0 Å². The first kappa shape index (κ1) is 26.3. The van der Waals surface area contributed by atoms with Crippen LogP contribution < -0.4 is 14.4 Å². The van der Waals surface area contributed by atoms with Gasteiger partial charge in [0.15, 0.2) is 0 Å². The average Bonchev–Trinajstić information content (AvgIpc) is 2.66. The zero-order valence-electron chi connectivity index (χ0n) is 19.0. The summed E-state index contributed by atoms with van der Waals surface area (Å²) < 4.78 is 32.0. The minimum Gasteiger partial charge on any atom is -0.491 e. The lowest BCUT2D eigenvalue weighted by Gasteiger charge is -2.30. The molecule has 0 aliphatic heterocycles. The van der Waals surface area contributed by atoms with E-state index in [1.807, 2.05) is 24.3 Å². The lowest BCUT2D eigenvalue weighted by atomic mass is 9.86. The molecule has 0 aliphatic carbocycles. The summed E-state index contributed by atoms with van der Waals surface area (Å²) in [5.74, 6) is 0.328. The summed E-state index contributed by atoms with van der Waals surface area (Å²) in [5, 5.41) is 3.34. The molecular formula is C23H30Cl2N2O4S. The van der Waals surface area contributed by atoms with E-state index in [1.165, 1.54) is 18.2 Å². The molecule has 0 aliphatic rings. The number of nitrogens with one attached hydrogen (secondary N) is 1. The van der Waals surface area contributed by atoms with Gasteiger partial charge in [-0.15, -0.1) is 0 Å². The second-order valence-electron chi connectivity index (χ2n) is 8.50. The van der Waals surface area contributed by atoms with Crippen molar-refractivity contribution in [3.05, 3.63) is 58.1 Å². The Labute approximate surface area is 200 Å². The summed E-state index contributed by atoms with van der Waals surface area (Å²) in [7, 11) is -3.78. The highest BCUT2D eigenvalue weighted by molar-refractivity contribution is 7.92. The largest absolute Gasteiger partial charge is 0.491 e. The molecule has 0 radical (unpaired) electrons. The van der Waals surface area contributed by atoms with Crippen LogP contribution in [0.15, 0.2) is 42.5 Å². The lowest BCUT2D eigenvalue weighted by Crippen LogP contribution is -2.50. The Morgan fingerprint density at radius 1 is 1.12 bits per heavy atom. The highest BCUT2D eigenvalue weighted by Gasteiger charge is 2.31. The second kappa shape index (κ2) is 10.8. The first-order valence-electron chi connectivity index (χ1n) is 10.3. The molecule has 1 atom stereocenters. The van der Waals surface area contributed by atoms with E-state index in [1.54, 1.807) is 6.92 Å². The van der Waals surface area contributed by atoms with Crippen LogP contribution in [-0.2, 0) is 20.2 Å². The fraction of sp³-hybridized carbons (Fsp3) is 0.435. The van der Waals surface area contributed by atoms with Gasteiger partial charge in [-0.3, -0.25) is 9.10 Å². The number of sulfonamides is 1. The average molecular weight is 501 g/mol. The molecule has 0 bridgehead atoms. The van der Waals surface area contributed by atoms with Gasteiger partial charge in [0, 0.05) is 10.0 Å². The number of para-hydroxylation sites is 1. The van der Waals surface area contributed by atoms with Crippen LogP contribution >= 0.6 is 23.2 Å². The van der Waals surface area contributed by atoms with Gasteiger partial charge in [0.1, 0.15) is 18.4 Å². The van der Waals surface area contributed by atoms with Gasteiger partial charge in [-0.1, -0.05) is 69.1 Å². The Balaban J connectivity index is 2.12. The summed E-state index contributed by atoms with van der Waals surface area (Å²) in [6, 6.07) is 11.3. The third kappa shape index (κ3) is 7.02. The number of nitrogens with zero attached hydrogens (tertiary/aromatic N) is 1. The number of benzene rings is 2. The number of carbonyl (C=O) groups is 1.